The van der Waals surface area contributed by atoms with Gasteiger partial charge in [0.15, 0.2) is 11.0 Å². The first kappa shape index (κ1) is 32.0. The Morgan fingerprint density at radius 3 is 2.40 bits per heavy atom. The minimum Gasteiger partial charge on any atom is -0.497 e. The summed E-state index contributed by atoms with van der Waals surface area (Å²) >= 11 is 2.90. The van der Waals surface area contributed by atoms with Crippen molar-refractivity contribution in [3.63, 3.8) is 0 Å². The van der Waals surface area contributed by atoms with Crippen LogP contribution in [0.2, 0.25) is 0 Å². The Morgan fingerprint density at radius 2 is 1.72 bits per heavy atom. The Kier molecular flexibility index (Phi) is 9.98. The molecule has 0 saturated carbocycles. The summed E-state index contributed by atoms with van der Waals surface area (Å²) in [4.78, 5) is 27.8. The van der Waals surface area contributed by atoms with Crippen LogP contribution in [0.25, 0.3) is 5.69 Å². The summed E-state index contributed by atoms with van der Waals surface area (Å²) in [6, 6.07) is 26.5. The van der Waals surface area contributed by atoms with Gasteiger partial charge < -0.3 is 14.8 Å². The van der Waals surface area contributed by atoms with Gasteiger partial charge in [-0.2, -0.15) is 5.10 Å². The lowest BCUT2D eigenvalue weighted by Gasteiger charge is -2.22. The fourth-order valence-electron chi connectivity index (χ4n) is 5.20. The van der Waals surface area contributed by atoms with E-state index in [1.165, 1.54) is 11.8 Å². The van der Waals surface area contributed by atoms with E-state index in [1.807, 2.05) is 60.2 Å². The standard InChI is InChI=1S/C35H34N6O4S2/c1-4-45-28-17-13-26(14-18-28)40-32(21-36-34(43)25-11-15-27(44-3)16-12-25)37-38-35(40)47-22-33(42)41-30(24-9-7-23(2)8-10-24)20-29(39-41)31-6-5-19-46-31/h5-19,30H,4,20-22H2,1-3H3,(H,36,43). The number of nitrogens with one attached hydrogen (secondary N) is 1. The van der Waals surface area contributed by atoms with Crippen molar-refractivity contribution in [1.29, 1.82) is 0 Å². The molecule has 0 aliphatic carbocycles. The van der Waals surface area contributed by atoms with Crippen LogP contribution in [0.1, 0.15) is 51.6 Å². The molecule has 3 heterocycles. The molecule has 3 aromatic carbocycles. The lowest BCUT2D eigenvalue weighted by Crippen LogP contribution is -2.28. The van der Waals surface area contributed by atoms with Gasteiger partial charge in [0.1, 0.15) is 11.5 Å². The van der Waals surface area contributed by atoms with E-state index in [0.29, 0.717) is 35.3 Å². The number of thiophene rings is 1. The number of methoxy groups -OCH3 is 1. The molecule has 1 atom stereocenters. The molecular formula is C35H34N6O4S2. The number of thioether (sulfide) groups is 1. The fourth-order valence-corrected chi connectivity index (χ4v) is 6.75. The average Bonchev–Trinajstić information content (AvgIpc) is 3.88. The van der Waals surface area contributed by atoms with Crippen molar-refractivity contribution in [3.05, 3.63) is 118 Å². The molecule has 2 aromatic heterocycles. The predicted molar refractivity (Wildman–Crippen MR) is 184 cm³/mol. The van der Waals surface area contributed by atoms with Crippen molar-refractivity contribution in [2.45, 2.75) is 38.0 Å². The lowest BCUT2D eigenvalue weighted by molar-refractivity contribution is -0.130. The topological polar surface area (TPSA) is 111 Å². The van der Waals surface area contributed by atoms with Crippen molar-refractivity contribution in [3.8, 4) is 17.2 Å². The van der Waals surface area contributed by atoms with E-state index in [-0.39, 0.29) is 30.2 Å². The molecule has 1 unspecified atom stereocenters. The van der Waals surface area contributed by atoms with Crippen molar-refractivity contribution >= 4 is 40.6 Å². The molecule has 2 amide bonds. The van der Waals surface area contributed by atoms with Gasteiger partial charge in [0, 0.05) is 17.7 Å². The zero-order valence-corrected chi connectivity index (χ0v) is 27.9. The molecule has 240 valence electrons. The number of amides is 2. The highest BCUT2D eigenvalue weighted by molar-refractivity contribution is 7.99. The zero-order valence-electron chi connectivity index (χ0n) is 26.3. The van der Waals surface area contributed by atoms with Crippen LogP contribution in [0, 0.1) is 6.92 Å². The van der Waals surface area contributed by atoms with Gasteiger partial charge in [-0.3, -0.25) is 14.2 Å². The van der Waals surface area contributed by atoms with Crippen LogP contribution < -0.4 is 14.8 Å². The number of aromatic nitrogens is 3. The number of hydrazone groups is 1. The lowest BCUT2D eigenvalue weighted by atomic mass is 10.00. The van der Waals surface area contributed by atoms with Crippen LogP contribution in [0.4, 0.5) is 0 Å². The molecule has 1 N–H and O–H groups in total. The van der Waals surface area contributed by atoms with Gasteiger partial charge in [-0.15, -0.1) is 21.5 Å². The summed E-state index contributed by atoms with van der Waals surface area (Å²) in [5.41, 5.74) is 4.37. The Bertz CT molecular complexity index is 1850. The molecule has 0 bridgehead atoms. The van der Waals surface area contributed by atoms with Gasteiger partial charge in [-0.05, 0) is 79.4 Å². The van der Waals surface area contributed by atoms with Gasteiger partial charge >= 0.3 is 0 Å². The van der Waals surface area contributed by atoms with E-state index in [4.69, 9.17) is 14.6 Å². The van der Waals surface area contributed by atoms with Crippen molar-refractivity contribution < 1.29 is 19.1 Å². The second kappa shape index (κ2) is 14.7. The van der Waals surface area contributed by atoms with Gasteiger partial charge in [0.2, 0.25) is 0 Å². The average molecular weight is 667 g/mol. The number of hydrogen-bond donors (Lipinski definition) is 1. The highest BCUT2D eigenvalue weighted by atomic mass is 32.2. The van der Waals surface area contributed by atoms with Gasteiger partial charge in [0.05, 0.1) is 42.6 Å². The first-order chi connectivity index (χ1) is 22.9. The summed E-state index contributed by atoms with van der Waals surface area (Å²) in [6.45, 7) is 4.65. The molecule has 6 rings (SSSR count). The molecular weight excluding hydrogens is 633 g/mol. The van der Waals surface area contributed by atoms with E-state index in [1.54, 1.807) is 47.7 Å². The van der Waals surface area contributed by atoms with Gasteiger partial charge in [-0.25, -0.2) is 5.01 Å². The van der Waals surface area contributed by atoms with Crippen LogP contribution in [0.3, 0.4) is 0 Å². The Balaban J connectivity index is 1.23. The first-order valence-corrected chi connectivity index (χ1v) is 17.0. The van der Waals surface area contributed by atoms with Crippen LogP contribution in [-0.2, 0) is 11.3 Å². The summed E-state index contributed by atoms with van der Waals surface area (Å²) in [5, 5.41) is 20.7. The smallest absolute Gasteiger partial charge is 0.253 e. The molecule has 1 aliphatic heterocycles. The van der Waals surface area contributed by atoms with Crippen molar-refractivity contribution in [2.75, 3.05) is 19.5 Å². The Morgan fingerprint density at radius 1 is 0.979 bits per heavy atom. The maximum atomic E-state index is 13.8. The van der Waals surface area contributed by atoms with E-state index in [2.05, 4.69) is 39.8 Å². The van der Waals surface area contributed by atoms with Gasteiger partial charge in [0.25, 0.3) is 11.8 Å². The van der Waals surface area contributed by atoms with Crippen LogP contribution in [0.15, 0.2) is 101 Å². The minimum atomic E-state index is -0.256. The van der Waals surface area contributed by atoms with Crippen LogP contribution in [-0.4, -0.2) is 56.8 Å². The van der Waals surface area contributed by atoms with Crippen LogP contribution >= 0.6 is 23.1 Å². The number of nitrogens with zero attached hydrogens (tertiary/aromatic N) is 5. The number of carbonyl (C=O) groups excluding carboxylic acids is 2. The Labute approximate surface area is 281 Å². The van der Waals surface area contributed by atoms with E-state index in [0.717, 1.165) is 33.2 Å². The molecule has 0 spiro atoms. The maximum absolute atomic E-state index is 13.8. The molecule has 0 radical (unpaired) electrons. The molecule has 5 aromatic rings. The second-order valence-corrected chi connectivity index (χ2v) is 12.6. The highest BCUT2D eigenvalue weighted by Gasteiger charge is 2.33. The quantitative estimate of drug-likeness (QED) is 0.153. The SMILES string of the molecule is CCOc1ccc(-n2c(CNC(=O)c3ccc(OC)cc3)nnc2SCC(=O)N2N=C(c3cccs3)CC2c2ccc(C)cc2)cc1. The van der Waals surface area contributed by atoms with E-state index >= 15 is 0 Å². The van der Waals surface area contributed by atoms with E-state index < -0.39 is 0 Å². The molecule has 47 heavy (non-hydrogen) atoms. The zero-order chi connectivity index (χ0) is 32.8. The number of ether oxygens (including phenoxy) is 2. The van der Waals surface area contributed by atoms with Gasteiger partial charge in [-0.1, -0.05) is 47.7 Å². The highest BCUT2D eigenvalue weighted by Crippen LogP contribution is 2.35. The van der Waals surface area contributed by atoms with Crippen molar-refractivity contribution in [1.82, 2.24) is 25.1 Å². The number of rotatable bonds is 12. The number of aryl methyl sites for hydroxylation is 1. The third-order valence-corrected chi connectivity index (χ3v) is 9.46. The number of hydrogen-bond acceptors (Lipinski definition) is 9. The fraction of sp³-hybridized carbons (Fsp3) is 0.229. The molecule has 1 aliphatic rings. The summed E-state index contributed by atoms with van der Waals surface area (Å²) in [7, 11) is 1.58. The predicted octanol–water partition coefficient (Wildman–Crippen LogP) is 6.44. The summed E-state index contributed by atoms with van der Waals surface area (Å²) in [5.74, 6) is 1.62. The minimum absolute atomic E-state index is 0.0942. The normalized spacial score (nSPS) is 14.1. The monoisotopic (exact) mass is 666 g/mol. The molecule has 12 heteroatoms. The molecule has 10 nitrogen and oxygen atoms in total. The van der Waals surface area contributed by atoms with Crippen LogP contribution in [0.5, 0.6) is 11.5 Å². The second-order valence-electron chi connectivity index (χ2n) is 10.8. The maximum Gasteiger partial charge on any atom is 0.253 e. The van der Waals surface area contributed by atoms with Crippen molar-refractivity contribution in [2.24, 2.45) is 5.10 Å². The summed E-state index contributed by atoms with van der Waals surface area (Å²) in [6.07, 6.45) is 0.639. The first-order valence-electron chi connectivity index (χ1n) is 15.2. The largest absolute Gasteiger partial charge is 0.497 e. The molecule has 0 saturated heterocycles. The number of carbonyl (C=O) groups is 2. The Hall–Kier alpha value is -4.94. The third-order valence-electron chi connectivity index (χ3n) is 7.62. The number of benzene rings is 3. The molecule has 0 fully saturated rings. The summed E-state index contributed by atoms with van der Waals surface area (Å²) < 4.78 is 12.7. The third kappa shape index (κ3) is 7.39. The van der Waals surface area contributed by atoms with E-state index in [9.17, 15) is 9.59 Å².